The van der Waals surface area contributed by atoms with Crippen LogP contribution < -0.4 is 4.90 Å². The van der Waals surface area contributed by atoms with Gasteiger partial charge in [0.05, 0.1) is 35.4 Å². The van der Waals surface area contributed by atoms with Gasteiger partial charge in [-0.2, -0.15) is 0 Å². The first-order valence-electron chi connectivity index (χ1n) is 8.52. The van der Waals surface area contributed by atoms with Gasteiger partial charge in [0.2, 0.25) is 5.91 Å². The number of nitro benzene ring substituents is 1. The number of rotatable bonds is 8. The summed E-state index contributed by atoms with van der Waals surface area (Å²) in [6.07, 6.45) is 0.910. The topological polar surface area (TPSA) is 67.9 Å². The first kappa shape index (κ1) is 18.7. The average molecular weight is 352 g/mol. The highest BCUT2D eigenvalue weighted by Gasteiger charge is 2.40. The summed E-state index contributed by atoms with van der Waals surface area (Å²) in [6, 6.07) is 6.75. The van der Waals surface area contributed by atoms with Gasteiger partial charge in [0.25, 0.3) is 5.69 Å². The molecule has 7 heteroatoms. The van der Waals surface area contributed by atoms with Crippen LogP contribution in [0.5, 0.6) is 0 Å². The summed E-state index contributed by atoms with van der Waals surface area (Å²) < 4.78 is 0. The minimum atomic E-state index is -0.360. The Hall–Kier alpha value is -1.60. The van der Waals surface area contributed by atoms with E-state index in [2.05, 4.69) is 13.8 Å². The Morgan fingerprint density at radius 3 is 2.58 bits per heavy atom. The largest absolute Gasteiger partial charge is 0.335 e. The third kappa shape index (κ3) is 4.08. The van der Waals surface area contributed by atoms with Gasteiger partial charge in [0.15, 0.2) is 0 Å². The van der Waals surface area contributed by atoms with Gasteiger partial charge in [0.1, 0.15) is 5.37 Å². The molecule has 1 amide bonds. The lowest BCUT2D eigenvalue weighted by molar-refractivity contribution is -0.896. The molecule has 1 fully saturated rings. The lowest BCUT2D eigenvalue weighted by Crippen LogP contribution is -3.11. The van der Waals surface area contributed by atoms with Crippen molar-refractivity contribution in [1.82, 2.24) is 4.90 Å². The molecular weight excluding hydrogens is 326 g/mol. The summed E-state index contributed by atoms with van der Waals surface area (Å²) in [7, 11) is 0. The zero-order valence-corrected chi connectivity index (χ0v) is 15.3. The number of amides is 1. The van der Waals surface area contributed by atoms with Crippen molar-refractivity contribution in [2.45, 2.75) is 37.8 Å². The van der Waals surface area contributed by atoms with Gasteiger partial charge in [-0.15, -0.1) is 11.8 Å². The third-order valence-corrected chi connectivity index (χ3v) is 5.95. The molecular formula is C17H26N3O3S+. The molecule has 1 aliphatic heterocycles. The van der Waals surface area contributed by atoms with Crippen molar-refractivity contribution in [2.75, 3.05) is 26.2 Å². The summed E-state index contributed by atoms with van der Waals surface area (Å²) >= 11 is 1.50. The minimum absolute atomic E-state index is 0.0812. The molecule has 0 aliphatic carbocycles. The average Bonchev–Trinajstić information content (AvgIpc) is 2.86. The number of nitrogens with zero attached hydrogens (tertiary/aromatic N) is 2. The number of nitro groups is 1. The predicted octanol–water partition coefficient (Wildman–Crippen LogP) is 1.87. The second-order valence-corrected chi connectivity index (χ2v) is 7.46. The Morgan fingerprint density at radius 1 is 1.29 bits per heavy atom. The summed E-state index contributed by atoms with van der Waals surface area (Å²) in [5.74, 6) is 0.0812. The SMILES string of the molecule is CC[NH+](CC)CCCN1C(=O)[C@@H](C)S[C@@H]1c1ccccc1[N+](=O)[O-]. The number of quaternary nitrogens is 1. The number of hydrogen-bond acceptors (Lipinski definition) is 4. The highest BCUT2D eigenvalue weighted by Crippen LogP contribution is 2.45. The van der Waals surface area contributed by atoms with E-state index in [1.807, 2.05) is 11.8 Å². The Morgan fingerprint density at radius 2 is 1.96 bits per heavy atom. The summed E-state index contributed by atoms with van der Waals surface area (Å²) in [4.78, 5) is 26.8. The van der Waals surface area contributed by atoms with Gasteiger partial charge in [-0.3, -0.25) is 14.9 Å². The van der Waals surface area contributed by atoms with Gasteiger partial charge >= 0.3 is 0 Å². The van der Waals surface area contributed by atoms with Crippen LogP contribution >= 0.6 is 11.8 Å². The van der Waals surface area contributed by atoms with E-state index >= 15 is 0 Å². The lowest BCUT2D eigenvalue weighted by Gasteiger charge is -2.25. The van der Waals surface area contributed by atoms with E-state index in [1.54, 1.807) is 18.2 Å². The summed E-state index contributed by atoms with van der Waals surface area (Å²) in [5.41, 5.74) is 0.719. The molecule has 0 spiro atoms. The molecule has 2 rings (SSSR count). The van der Waals surface area contributed by atoms with Crippen molar-refractivity contribution >= 4 is 23.4 Å². The number of para-hydroxylation sites is 1. The van der Waals surface area contributed by atoms with Crippen LogP contribution in [-0.4, -0.2) is 47.2 Å². The number of hydrogen-bond donors (Lipinski definition) is 1. The van der Waals surface area contributed by atoms with Crippen LogP contribution in [0.25, 0.3) is 0 Å². The molecule has 0 radical (unpaired) electrons. The number of thioether (sulfide) groups is 1. The van der Waals surface area contributed by atoms with Crippen LogP contribution in [0, 0.1) is 10.1 Å². The van der Waals surface area contributed by atoms with E-state index in [-0.39, 0.29) is 27.1 Å². The maximum absolute atomic E-state index is 12.5. The smallest absolute Gasteiger partial charge is 0.275 e. The van der Waals surface area contributed by atoms with Crippen LogP contribution in [0.4, 0.5) is 5.69 Å². The van der Waals surface area contributed by atoms with Gasteiger partial charge in [-0.05, 0) is 26.8 Å². The van der Waals surface area contributed by atoms with Crippen molar-refractivity contribution in [3.8, 4) is 0 Å². The molecule has 24 heavy (non-hydrogen) atoms. The van der Waals surface area contributed by atoms with Crippen molar-refractivity contribution < 1.29 is 14.6 Å². The van der Waals surface area contributed by atoms with E-state index in [1.165, 1.54) is 22.7 Å². The molecule has 1 aromatic carbocycles. The number of carbonyl (C=O) groups excluding carboxylic acids is 1. The monoisotopic (exact) mass is 352 g/mol. The van der Waals surface area contributed by atoms with Crippen LogP contribution in [-0.2, 0) is 4.79 Å². The molecule has 132 valence electrons. The molecule has 1 aromatic rings. The van der Waals surface area contributed by atoms with Crippen LogP contribution in [0.2, 0.25) is 0 Å². The Balaban J connectivity index is 2.16. The van der Waals surface area contributed by atoms with E-state index in [0.29, 0.717) is 12.1 Å². The Labute approximate surface area is 147 Å². The minimum Gasteiger partial charge on any atom is -0.335 e. The van der Waals surface area contributed by atoms with Crippen molar-refractivity contribution in [3.05, 3.63) is 39.9 Å². The molecule has 0 bridgehead atoms. The first-order valence-corrected chi connectivity index (χ1v) is 9.46. The van der Waals surface area contributed by atoms with Crippen LogP contribution in [0.1, 0.15) is 38.1 Å². The third-order valence-electron chi connectivity index (χ3n) is 4.58. The van der Waals surface area contributed by atoms with Gasteiger partial charge in [-0.1, -0.05) is 12.1 Å². The summed E-state index contributed by atoms with van der Waals surface area (Å²) in [5, 5.41) is 10.9. The molecule has 1 saturated heterocycles. The fraction of sp³-hybridized carbons (Fsp3) is 0.588. The van der Waals surface area contributed by atoms with Crippen LogP contribution in [0.15, 0.2) is 24.3 Å². The quantitative estimate of drug-likeness (QED) is 0.573. The second kappa shape index (κ2) is 8.48. The zero-order chi connectivity index (χ0) is 17.7. The van der Waals surface area contributed by atoms with Gasteiger partial charge in [-0.25, -0.2) is 0 Å². The Bertz CT molecular complexity index is 592. The number of benzene rings is 1. The molecule has 1 heterocycles. The predicted molar refractivity (Wildman–Crippen MR) is 96.1 cm³/mol. The normalized spacial score (nSPS) is 20.8. The standard InChI is InChI=1S/C17H25N3O3S/c1-4-18(5-2)11-8-12-19-16(21)13(3)24-17(19)14-9-6-7-10-15(14)20(22)23/h6-7,9-10,13,17H,4-5,8,11-12H2,1-3H3/p+1/t13-,17-/m1/s1. The Kier molecular flexibility index (Phi) is 6.62. The molecule has 1 N–H and O–H groups in total. The molecule has 0 unspecified atom stereocenters. The molecule has 6 nitrogen and oxygen atoms in total. The number of nitrogens with one attached hydrogen (secondary N) is 1. The molecule has 0 aromatic heterocycles. The van der Waals surface area contributed by atoms with Crippen molar-refractivity contribution in [3.63, 3.8) is 0 Å². The molecule has 0 saturated carbocycles. The van der Waals surface area contributed by atoms with E-state index in [0.717, 1.165) is 26.1 Å². The van der Waals surface area contributed by atoms with Crippen molar-refractivity contribution in [1.29, 1.82) is 0 Å². The maximum Gasteiger partial charge on any atom is 0.275 e. The van der Waals surface area contributed by atoms with Crippen molar-refractivity contribution in [2.24, 2.45) is 0 Å². The second-order valence-electron chi connectivity index (χ2n) is 6.04. The fourth-order valence-electron chi connectivity index (χ4n) is 3.11. The van der Waals surface area contributed by atoms with E-state index < -0.39 is 0 Å². The fourth-order valence-corrected chi connectivity index (χ4v) is 4.45. The highest BCUT2D eigenvalue weighted by atomic mass is 32.2. The summed E-state index contributed by atoms with van der Waals surface area (Å²) in [6.45, 7) is 10.0. The lowest BCUT2D eigenvalue weighted by atomic mass is 10.1. The van der Waals surface area contributed by atoms with Crippen LogP contribution in [0.3, 0.4) is 0 Å². The number of carbonyl (C=O) groups is 1. The van der Waals surface area contributed by atoms with Gasteiger partial charge in [0, 0.05) is 19.0 Å². The maximum atomic E-state index is 12.5. The molecule has 2 atom stereocenters. The highest BCUT2D eigenvalue weighted by molar-refractivity contribution is 8.01. The van der Waals surface area contributed by atoms with Gasteiger partial charge < -0.3 is 9.80 Å². The zero-order valence-electron chi connectivity index (χ0n) is 14.5. The van der Waals surface area contributed by atoms with E-state index in [4.69, 9.17) is 0 Å². The first-order chi connectivity index (χ1) is 11.5. The molecule has 1 aliphatic rings. The van der Waals surface area contributed by atoms with E-state index in [9.17, 15) is 14.9 Å².